The van der Waals surface area contributed by atoms with Crippen LogP contribution in [0.5, 0.6) is 0 Å². The van der Waals surface area contributed by atoms with Crippen molar-refractivity contribution in [3.8, 4) is 0 Å². The molecule has 0 aromatic rings. The van der Waals surface area contributed by atoms with E-state index in [1.165, 1.54) is 6.26 Å². The summed E-state index contributed by atoms with van der Waals surface area (Å²) in [4.78, 5) is 12.3. The minimum absolute atomic E-state index is 0.0417. The van der Waals surface area contributed by atoms with Crippen LogP contribution >= 0.6 is 0 Å². The topological polar surface area (TPSA) is 89.3 Å². The maximum absolute atomic E-state index is 12.3. The summed E-state index contributed by atoms with van der Waals surface area (Å²) >= 11 is 0. The van der Waals surface area contributed by atoms with Crippen LogP contribution in [0.3, 0.4) is 0 Å². The molecule has 0 unspecified atom stereocenters. The third-order valence-electron chi connectivity index (χ3n) is 4.81. The molecule has 2 aliphatic rings. The average molecular weight is 302 g/mol. The highest BCUT2D eigenvalue weighted by Gasteiger charge is 2.37. The number of sulfone groups is 1. The third kappa shape index (κ3) is 3.73. The van der Waals surface area contributed by atoms with Gasteiger partial charge in [-0.15, -0.1) is 0 Å². The Balaban J connectivity index is 1.85. The Morgan fingerprint density at radius 2 is 1.65 bits per heavy atom. The Morgan fingerprint density at radius 1 is 1.10 bits per heavy atom. The lowest BCUT2D eigenvalue weighted by Crippen LogP contribution is -2.57. The van der Waals surface area contributed by atoms with E-state index < -0.39 is 15.4 Å². The van der Waals surface area contributed by atoms with Crippen LogP contribution in [0.4, 0.5) is 0 Å². The van der Waals surface area contributed by atoms with Crippen LogP contribution in [-0.4, -0.2) is 37.4 Å². The van der Waals surface area contributed by atoms with E-state index in [2.05, 4.69) is 5.32 Å². The van der Waals surface area contributed by atoms with E-state index in [9.17, 15) is 13.2 Å². The van der Waals surface area contributed by atoms with Gasteiger partial charge in [-0.2, -0.15) is 0 Å². The van der Waals surface area contributed by atoms with Crippen LogP contribution in [0.25, 0.3) is 0 Å². The van der Waals surface area contributed by atoms with Crippen LogP contribution in [0.15, 0.2) is 0 Å². The molecule has 0 aliphatic heterocycles. The maximum atomic E-state index is 12.3. The van der Waals surface area contributed by atoms with Crippen molar-refractivity contribution in [1.82, 2.24) is 5.32 Å². The highest BCUT2D eigenvalue weighted by atomic mass is 32.2. The zero-order valence-corrected chi connectivity index (χ0v) is 13.0. The summed E-state index contributed by atoms with van der Waals surface area (Å²) in [6.45, 7) is 0. The summed E-state index contributed by atoms with van der Waals surface area (Å²) < 4.78 is 23.0. The molecular formula is C14H26N2O3S. The van der Waals surface area contributed by atoms with Crippen molar-refractivity contribution in [1.29, 1.82) is 0 Å². The second kappa shape index (κ2) is 6.02. The van der Waals surface area contributed by atoms with E-state index >= 15 is 0 Å². The largest absolute Gasteiger partial charge is 0.352 e. The highest BCUT2D eigenvalue weighted by Crippen LogP contribution is 2.28. The van der Waals surface area contributed by atoms with Gasteiger partial charge in [0.15, 0.2) is 0 Å². The van der Waals surface area contributed by atoms with E-state index in [1.807, 2.05) is 0 Å². The van der Waals surface area contributed by atoms with Crippen molar-refractivity contribution in [3.63, 3.8) is 0 Å². The van der Waals surface area contributed by atoms with E-state index in [4.69, 9.17) is 5.73 Å². The summed E-state index contributed by atoms with van der Waals surface area (Å²) in [5.74, 6) is -0.0417. The van der Waals surface area contributed by atoms with Crippen LogP contribution in [-0.2, 0) is 14.6 Å². The lowest BCUT2D eigenvalue weighted by atomic mass is 9.81. The van der Waals surface area contributed by atoms with Crippen molar-refractivity contribution >= 4 is 15.7 Å². The Bertz CT molecular complexity index is 447. The van der Waals surface area contributed by atoms with Gasteiger partial charge in [0.25, 0.3) is 0 Å². The first-order valence-electron chi connectivity index (χ1n) is 7.60. The van der Waals surface area contributed by atoms with Gasteiger partial charge >= 0.3 is 0 Å². The van der Waals surface area contributed by atoms with Crippen molar-refractivity contribution in [2.75, 3.05) is 6.26 Å². The molecule has 20 heavy (non-hydrogen) atoms. The molecule has 0 radical (unpaired) electrons. The van der Waals surface area contributed by atoms with Gasteiger partial charge in [0.1, 0.15) is 9.84 Å². The number of carbonyl (C=O) groups is 1. The summed E-state index contributed by atoms with van der Waals surface area (Å²) in [5.41, 5.74) is 5.51. The summed E-state index contributed by atoms with van der Waals surface area (Å²) in [6.07, 6.45) is 8.77. The molecule has 2 rings (SSSR count). The van der Waals surface area contributed by atoms with Crippen LogP contribution in [0.1, 0.15) is 57.8 Å². The van der Waals surface area contributed by atoms with Crippen LogP contribution < -0.4 is 11.1 Å². The number of nitrogens with two attached hydrogens (primary N) is 1. The lowest BCUT2D eigenvalue weighted by Gasteiger charge is -2.35. The number of hydrogen-bond acceptors (Lipinski definition) is 4. The predicted octanol–water partition coefficient (Wildman–Crippen LogP) is 1.12. The number of rotatable bonds is 3. The van der Waals surface area contributed by atoms with E-state index in [1.54, 1.807) is 0 Å². The standard InChI is InChI=1S/C14H26N2O3S/c1-20(18,19)12-7-5-11(6-8-12)16-13(17)14(15)9-3-2-4-10-14/h11-12H,2-10,15H2,1H3,(H,16,17). The fourth-order valence-corrected chi connectivity index (χ4v) is 4.50. The molecule has 1 amide bonds. The fourth-order valence-electron chi connectivity index (χ4n) is 3.37. The fraction of sp³-hybridized carbons (Fsp3) is 0.929. The zero-order valence-electron chi connectivity index (χ0n) is 12.2. The minimum Gasteiger partial charge on any atom is -0.352 e. The van der Waals surface area contributed by atoms with Crippen molar-refractivity contribution in [2.24, 2.45) is 5.73 Å². The Morgan fingerprint density at radius 3 is 2.15 bits per heavy atom. The Kier molecular flexibility index (Phi) is 4.74. The summed E-state index contributed by atoms with van der Waals surface area (Å²) in [7, 11) is -2.95. The van der Waals surface area contributed by atoms with Gasteiger partial charge in [0, 0.05) is 12.3 Å². The van der Waals surface area contributed by atoms with Gasteiger partial charge in [-0.1, -0.05) is 19.3 Å². The summed E-state index contributed by atoms with van der Waals surface area (Å²) in [5, 5.41) is 2.80. The molecule has 0 heterocycles. The van der Waals surface area contributed by atoms with Crippen molar-refractivity contribution < 1.29 is 13.2 Å². The van der Waals surface area contributed by atoms with Gasteiger partial charge in [-0.25, -0.2) is 8.42 Å². The van der Waals surface area contributed by atoms with Gasteiger partial charge in [-0.3, -0.25) is 4.79 Å². The smallest absolute Gasteiger partial charge is 0.240 e. The lowest BCUT2D eigenvalue weighted by molar-refractivity contribution is -0.128. The molecule has 2 saturated carbocycles. The molecule has 2 aliphatic carbocycles. The molecule has 0 bridgehead atoms. The number of carbonyl (C=O) groups excluding carboxylic acids is 1. The van der Waals surface area contributed by atoms with Gasteiger partial charge in [0.05, 0.1) is 10.8 Å². The number of nitrogens with one attached hydrogen (secondary N) is 1. The first-order valence-corrected chi connectivity index (χ1v) is 9.55. The maximum Gasteiger partial charge on any atom is 0.240 e. The molecule has 5 nitrogen and oxygen atoms in total. The van der Waals surface area contributed by atoms with Crippen LogP contribution in [0, 0.1) is 0 Å². The molecule has 0 spiro atoms. The first-order chi connectivity index (χ1) is 9.31. The molecule has 116 valence electrons. The number of hydrogen-bond donors (Lipinski definition) is 2. The SMILES string of the molecule is CS(=O)(=O)C1CCC(NC(=O)C2(N)CCCCC2)CC1. The molecule has 3 N–H and O–H groups in total. The van der Waals surface area contributed by atoms with Gasteiger partial charge in [0.2, 0.25) is 5.91 Å². The molecule has 0 saturated heterocycles. The van der Waals surface area contributed by atoms with Gasteiger partial charge in [-0.05, 0) is 38.5 Å². The molecule has 6 heteroatoms. The molecule has 2 fully saturated rings. The predicted molar refractivity (Wildman–Crippen MR) is 79.0 cm³/mol. The minimum atomic E-state index is -2.95. The van der Waals surface area contributed by atoms with E-state index in [0.717, 1.165) is 44.9 Å². The highest BCUT2D eigenvalue weighted by molar-refractivity contribution is 7.91. The van der Waals surface area contributed by atoms with E-state index in [0.29, 0.717) is 12.8 Å². The molecule has 0 aromatic heterocycles. The van der Waals surface area contributed by atoms with Crippen molar-refractivity contribution in [3.05, 3.63) is 0 Å². The molecule has 0 aromatic carbocycles. The van der Waals surface area contributed by atoms with Crippen molar-refractivity contribution in [2.45, 2.75) is 74.6 Å². The zero-order chi connectivity index (χ0) is 14.8. The van der Waals surface area contributed by atoms with Crippen LogP contribution in [0.2, 0.25) is 0 Å². The quantitative estimate of drug-likeness (QED) is 0.817. The third-order valence-corrected chi connectivity index (χ3v) is 6.50. The first kappa shape index (κ1) is 15.8. The van der Waals surface area contributed by atoms with Gasteiger partial charge < -0.3 is 11.1 Å². The average Bonchev–Trinajstić information content (AvgIpc) is 2.39. The Hall–Kier alpha value is -0.620. The second-order valence-electron chi connectivity index (χ2n) is 6.49. The van der Waals surface area contributed by atoms with E-state index in [-0.39, 0.29) is 17.2 Å². The number of amides is 1. The molecule has 0 atom stereocenters. The Labute approximate surface area is 121 Å². The summed E-state index contributed by atoms with van der Waals surface area (Å²) in [6, 6.07) is 0.0860. The normalized spacial score (nSPS) is 30.7. The molecular weight excluding hydrogens is 276 g/mol. The monoisotopic (exact) mass is 302 g/mol. The second-order valence-corrected chi connectivity index (χ2v) is 8.82.